The van der Waals surface area contributed by atoms with E-state index in [1.165, 1.54) is 12.1 Å². The lowest BCUT2D eigenvalue weighted by Gasteiger charge is -2.06. The molecule has 19 heavy (non-hydrogen) atoms. The molecule has 0 heterocycles. The number of nitrogens with zero attached hydrogens (tertiary/aromatic N) is 1. The molecule has 0 aliphatic heterocycles. The highest BCUT2D eigenvalue weighted by molar-refractivity contribution is 6.30. The van der Waals surface area contributed by atoms with Crippen LogP contribution < -0.4 is 11.1 Å². The Kier molecular flexibility index (Phi) is 4.36. The van der Waals surface area contributed by atoms with Gasteiger partial charge in [0.1, 0.15) is 5.82 Å². The third-order valence-corrected chi connectivity index (χ3v) is 2.77. The molecule has 2 aromatic rings. The predicted octanol–water partition coefficient (Wildman–Crippen LogP) is 3.41. The van der Waals surface area contributed by atoms with Gasteiger partial charge in [-0.25, -0.2) is 9.38 Å². The van der Waals surface area contributed by atoms with Crippen molar-refractivity contribution in [2.24, 2.45) is 10.7 Å². The van der Waals surface area contributed by atoms with Gasteiger partial charge >= 0.3 is 0 Å². The van der Waals surface area contributed by atoms with Crippen LogP contribution in [0.1, 0.15) is 5.56 Å². The van der Waals surface area contributed by atoms with Gasteiger partial charge in [0, 0.05) is 5.69 Å². The van der Waals surface area contributed by atoms with E-state index in [0.29, 0.717) is 12.2 Å². The summed E-state index contributed by atoms with van der Waals surface area (Å²) in [6.45, 7) is 0.468. The SMILES string of the molecule is NC(=NCc1ccccc1)Nc1ccc(Cl)c(F)c1. The molecule has 0 atom stereocenters. The Bertz CT molecular complexity index is 584. The molecule has 0 saturated heterocycles. The molecule has 0 unspecified atom stereocenters. The Morgan fingerprint density at radius 3 is 2.63 bits per heavy atom. The van der Waals surface area contributed by atoms with E-state index in [1.807, 2.05) is 30.3 Å². The van der Waals surface area contributed by atoms with Crippen molar-refractivity contribution in [3.8, 4) is 0 Å². The molecule has 0 aliphatic rings. The van der Waals surface area contributed by atoms with E-state index in [-0.39, 0.29) is 11.0 Å². The van der Waals surface area contributed by atoms with Crippen molar-refractivity contribution >= 4 is 23.2 Å². The number of nitrogens with one attached hydrogen (secondary N) is 1. The summed E-state index contributed by atoms with van der Waals surface area (Å²) in [5.41, 5.74) is 7.29. The molecule has 0 fully saturated rings. The number of nitrogens with two attached hydrogens (primary N) is 1. The average Bonchev–Trinajstić information content (AvgIpc) is 2.42. The fourth-order valence-electron chi connectivity index (χ4n) is 1.52. The molecular weight excluding hydrogens is 265 g/mol. The Morgan fingerprint density at radius 1 is 1.21 bits per heavy atom. The molecule has 2 rings (SSSR count). The van der Waals surface area contributed by atoms with Gasteiger partial charge in [-0.2, -0.15) is 0 Å². The summed E-state index contributed by atoms with van der Waals surface area (Å²) in [7, 11) is 0. The van der Waals surface area contributed by atoms with Crippen LogP contribution in [0.15, 0.2) is 53.5 Å². The summed E-state index contributed by atoms with van der Waals surface area (Å²) >= 11 is 5.59. The van der Waals surface area contributed by atoms with Gasteiger partial charge in [0.05, 0.1) is 11.6 Å². The summed E-state index contributed by atoms with van der Waals surface area (Å²) in [6, 6.07) is 14.1. The number of halogens is 2. The molecule has 0 aromatic heterocycles. The second-order valence-electron chi connectivity index (χ2n) is 3.94. The van der Waals surface area contributed by atoms with Crippen LogP contribution in [0.4, 0.5) is 10.1 Å². The van der Waals surface area contributed by atoms with E-state index < -0.39 is 5.82 Å². The number of anilines is 1. The Morgan fingerprint density at radius 2 is 1.95 bits per heavy atom. The monoisotopic (exact) mass is 277 g/mol. The lowest BCUT2D eigenvalue weighted by molar-refractivity contribution is 0.629. The Balaban J connectivity index is 2.00. The van der Waals surface area contributed by atoms with Crippen molar-refractivity contribution < 1.29 is 4.39 Å². The fourth-order valence-corrected chi connectivity index (χ4v) is 1.64. The van der Waals surface area contributed by atoms with Crippen molar-refractivity contribution in [3.05, 3.63) is 64.9 Å². The van der Waals surface area contributed by atoms with E-state index in [9.17, 15) is 4.39 Å². The molecule has 3 nitrogen and oxygen atoms in total. The minimum absolute atomic E-state index is 0.0744. The molecule has 0 aliphatic carbocycles. The van der Waals surface area contributed by atoms with Crippen molar-refractivity contribution in [3.63, 3.8) is 0 Å². The number of hydrogen-bond donors (Lipinski definition) is 2. The second-order valence-corrected chi connectivity index (χ2v) is 4.35. The number of guanidine groups is 1. The highest BCUT2D eigenvalue weighted by Gasteiger charge is 2.01. The van der Waals surface area contributed by atoms with Crippen molar-refractivity contribution in [1.29, 1.82) is 0 Å². The first-order chi connectivity index (χ1) is 9.15. The van der Waals surface area contributed by atoms with E-state index in [1.54, 1.807) is 6.07 Å². The van der Waals surface area contributed by atoms with Crippen LogP contribution in [-0.2, 0) is 6.54 Å². The summed E-state index contributed by atoms with van der Waals surface area (Å²) in [4.78, 5) is 4.17. The maximum atomic E-state index is 13.2. The summed E-state index contributed by atoms with van der Waals surface area (Å²) in [6.07, 6.45) is 0. The zero-order valence-electron chi connectivity index (χ0n) is 10.1. The number of rotatable bonds is 3. The minimum atomic E-state index is -0.498. The molecule has 0 radical (unpaired) electrons. The van der Waals surface area contributed by atoms with Crippen LogP contribution in [0.2, 0.25) is 5.02 Å². The first-order valence-electron chi connectivity index (χ1n) is 5.71. The number of hydrogen-bond acceptors (Lipinski definition) is 1. The maximum absolute atomic E-state index is 13.2. The van der Waals surface area contributed by atoms with Gasteiger partial charge in [-0.05, 0) is 23.8 Å². The van der Waals surface area contributed by atoms with Crippen LogP contribution in [0.25, 0.3) is 0 Å². The van der Waals surface area contributed by atoms with Crippen LogP contribution in [0, 0.1) is 5.82 Å². The van der Waals surface area contributed by atoms with E-state index in [2.05, 4.69) is 10.3 Å². The normalized spacial score (nSPS) is 11.4. The van der Waals surface area contributed by atoms with Gasteiger partial charge in [0.25, 0.3) is 0 Å². The minimum Gasteiger partial charge on any atom is -0.370 e. The molecule has 98 valence electrons. The van der Waals surface area contributed by atoms with Gasteiger partial charge in [0.2, 0.25) is 0 Å². The van der Waals surface area contributed by atoms with Gasteiger partial charge < -0.3 is 11.1 Å². The molecule has 0 saturated carbocycles. The number of aliphatic imine (C=N–C) groups is 1. The Hall–Kier alpha value is -2.07. The Labute approximate surface area is 115 Å². The topological polar surface area (TPSA) is 50.4 Å². The van der Waals surface area contributed by atoms with Gasteiger partial charge in [-0.15, -0.1) is 0 Å². The van der Waals surface area contributed by atoms with Crippen LogP contribution >= 0.6 is 11.6 Å². The maximum Gasteiger partial charge on any atom is 0.193 e. The quantitative estimate of drug-likeness (QED) is 0.667. The van der Waals surface area contributed by atoms with E-state index >= 15 is 0 Å². The lowest BCUT2D eigenvalue weighted by Crippen LogP contribution is -2.22. The third-order valence-electron chi connectivity index (χ3n) is 2.47. The molecule has 0 spiro atoms. The van der Waals surface area contributed by atoms with Crippen LogP contribution in [0.5, 0.6) is 0 Å². The first-order valence-corrected chi connectivity index (χ1v) is 6.09. The molecule has 0 amide bonds. The van der Waals surface area contributed by atoms with Crippen LogP contribution in [-0.4, -0.2) is 5.96 Å². The van der Waals surface area contributed by atoms with Gasteiger partial charge in [0.15, 0.2) is 5.96 Å². The van der Waals surface area contributed by atoms with Gasteiger partial charge in [-0.3, -0.25) is 0 Å². The van der Waals surface area contributed by atoms with Crippen molar-refractivity contribution in [2.45, 2.75) is 6.54 Å². The fraction of sp³-hybridized carbons (Fsp3) is 0.0714. The average molecular weight is 278 g/mol. The standard InChI is InChI=1S/C14H13ClFN3/c15-12-7-6-11(8-13(12)16)19-14(17)18-9-10-4-2-1-3-5-10/h1-8H,9H2,(H3,17,18,19). The van der Waals surface area contributed by atoms with E-state index in [0.717, 1.165) is 5.56 Å². The summed E-state index contributed by atoms with van der Waals surface area (Å²) in [5, 5.41) is 2.88. The smallest absolute Gasteiger partial charge is 0.193 e. The summed E-state index contributed by atoms with van der Waals surface area (Å²) in [5.74, 6) is -0.270. The van der Waals surface area contributed by atoms with Crippen molar-refractivity contribution in [1.82, 2.24) is 0 Å². The molecule has 3 N–H and O–H groups in total. The largest absolute Gasteiger partial charge is 0.370 e. The summed E-state index contributed by atoms with van der Waals surface area (Å²) < 4.78 is 13.2. The van der Waals surface area contributed by atoms with Gasteiger partial charge in [-0.1, -0.05) is 41.9 Å². The third kappa shape index (κ3) is 3.96. The highest BCUT2D eigenvalue weighted by atomic mass is 35.5. The molecule has 0 bridgehead atoms. The van der Waals surface area contributed by atoms with E-state index in [4.69, 9.17) is 17.3 Å². The molecule has 5 heteroatoms. The number of benzene rings is 2. The predicted molar refractivity (Wildman–Crippen MR) is 76.8 cm³/mol. The molecular formula is C14H13ClFN3. The molecule has 2 aromatic carbocycles. The van der Waals surface area contributed by atoms with Crippen molar-refractivity contribution in [2.75, 3.05) is 5.32 Å². The first kappa shape index (κ1) is 13.4. The second kappa shape index (κ2) is 6.20. The lowest BCUT2D eigenvalue weighted by atomic mass is 10.2. The highest BCUT2D eigenvalue weighted by Crippen LogP contribution is 2.18. The zero-order valence-corrected chi connectivity index (χ0v) is 10.9. The zero-order chi connectivity index (χ0) is 13.7. The van der Waals surface area contributed by atoms with Crippen LogP contribution in [0.3, 0.4) is 0 Å².